The normalized spacial score (nSPS) is 11.4. The van der Waals surface area contributed by atoms with Crippen LogP contribution in [-0.2, 0) is 10.0 Å². The van der Waals surface area contributed by atoms with Crippen LogP contribution in [0, 0.1) is 0 Å². The summed E-state index contributed by atoms with van der Waals surface area (Å²) in [6, 6.07) is 6.06. The van der Waals surface area contributed by atoms with Gasteiger partial charge in [-0.25, -0.2) is 13.1 Å². The lowest BCUT2D eigenvalue weighted by Crippen LogP contribution is -2.30. The molecule has 1 rings (SSSR count). The summed E-state index contributed by atoms with van der Waals surface area (Å²) in [5.41, 5.74) is 0.498. The molecule has 0 bridgehead atoms. The largest absolute Gasteiger partial charge is 0.339 e. The smallest absolute Gasteiger partial charge is 0.253 e. The van der Waals surface area contributed by atoms with Crippen LogP contribution in [0.2, 0.25) is 0 Å². The number of rotatable bonds is 9. The molecule has 0 saturated carbocycles. The van der Waals surface area contributed by atoms with Gasteiger partial charge < -0.3 is 10.2 Å². The third-order valence-corrected chi connectivity index (χ3v) is 4.83. The van der Waals surface area contributed by atoms with Crippen LogP contribution in [0.4, 0.5) is 0 Å². The molecule has 0 aromatic heterocycles. The molecule has 1 aromatic rings. The van der Waals surface area contributed by atoms with E-state index in [2.05, 4.69) is 10.0 Å². The summed E-state index contributed by atoms with van der Waals surface area (Å²) in [6.45, 7) is 6.21. The third-order valence-electron chi connectivity index (χ3n) is 3.36. The summed E-state index contributed by atoms with van der Waals surface area (Å²) in [4.78, 5) is 14.0. The molecule has 2 N–H and O–H groups in total. The van der Waals surface area contributed by atoms with E-state index in [1.54, 1.807) is 17.0 Å². The van der Waals surface area contributed by atoms with Crippen molar-refractivity contribution in [3.05, 3.63) is 29.8 Å². The van der Waals surface area contributed by atoms with Crippen molar-refractivity contribution in [1.82, 2.24) is 14.9 Å². The Morgan fingerprint density at radius 1 is 1.09 bits per heavy atom. The van der Waals surface area contributed by atoms with Gasteiger partial charge in [0.15, 0.2) is 0 Å². The maximum absolute atomic E-state index is 12.2. The Morgan fingerprint density at radius 2 is 1.68 bits per heavy atom. The van der Waals surface area contributed by atoms with E-state index in [1.807, 2.05) is 20.9 Å². The Morgan fingerprint density at radius 3 is 2.18 bits per heavy atom. The lowest BCUT2D eigenvalue weighted by Gasteiger charge is -2.18. The number of amides is 1. The van der Waals surface area contributed by atoms with E-state index >= 15 is 0 Å². The van der Waals surface area contributed by atoms with Gasteiger partial charge in [0.1, 0.15) is 0 Å². The van der Waals surface area contributed by atoms with Gasteiger partial charge in [-0.05, 0) is 58.1 Å². The van der Waals surface area contributed by atoms with Gasteiger partial charge >= 0.3 is 0 Å². The maximum atomic E-state index is 12.2. The van der Waals surface area contributed by atoms with Crippen LogP contribution in [-0.4, -0.2) is 52.5 Å². The minimum absolute atomic E-state index is 0.0871. The van der Waals surface area contributed by atoms with Gasteiger partial charge in [0.05, 0.1) is 4.90 Å². The molecule has 0 aliphatic carbocycles. The highest BCUT2D eigenvalue weighted by Gasteiger charge is 2.16. The minimum atomic E-state index is -3.52. The van der Waals surface area contributed by atoms with Gasteiger partial charge in [-0.15, -0.1) is 0 Å². The van der Waals surface area contributed by atoms with E-state index in [0.717, 1.165) is 6.54 Å². The summed E-state index contributed by atoms with van der Waals surface area (Å²) < 4.78 is 26.7. The van der Waals surface area contributed by atoms with Crippen LogP contribution in [0.3, 0.4) is 0 Å². The van der Waals surface area contributed by atoms with Crippen LogP contribution in [0.25, 0.3) is 0 Å². The van der Waals surface area contributed by atoms with Crippen LogP contribution in [0.5, 0.6) is 0 Å². The minimum Gasteiger partial charge on any atom is -0.339 e. The van der Waals surface area contributed by atoms with Crippen molar-refractivity contribution in [2.75, 3.05) is 33.2 Å². The van der Waals surface area contributed by atoms with Crippen LogP contribution < -0.4 is 10.0 Å². The first-order chi connectivity index (χ1) is 10.5. The van der Waals surface area contributed by atoms with E-state index in [4.69, 9.17) is 0 Å². The third kappa shape index (κ3) is 5.08. The summed E-state index contributed by atoms with van der Waals surface area (Å²) in [6.07, 6.45) is 0.717. The monoisotopic (exact) mass is 327 g/mol. The standard InChI is InChI=1S/C15H25N3O3S/c1-4-18(5-2)15(19)13-7-9-14(10-8-13)22(20,21)17-12-6-11-16-3/h7-10,16-17H,4-6,11-12H2,1-3H3. The van der Waals surface area contributed by atoms with Crippen molar-refractivity contribution in [3.63, 3.8) is 0 Å². The molecule has 0 aliphatic heterocycles. The number of hydrogen-bond acceptors (Lipinski definition) is 4. The molecule has 124 valence electrons. The van der Waals surface area contributed by atoms with Crippen molar-refractivity contribution in [2.24, 2.45) is 0 Å². The Labute approximate surface area is 132 Å². The molecule has 0 aliphatic rings. The molecule has 0 heterocycles. The van der Waals surface area contributed by atoms with Crippen LogP contribution >= 0.6 is 0 Å². The molecule has 0 atom stereocenters. The average Bonchev–Trinajstić information content (AvgIpc) is 2.53. The summed E-state index contributed by atoms with van der Waals surface area (Å²) in [5, 5.41) is 2.96. The number of carbonyl (C=O) groups is 1. The van der Waals surface area contributed by atoms with E-state index in [9.17, 15) is 13.2 Å². The van der Waals surface area contributed by atoms with Crippen molar-refractivity contribution in [3.8, 4) is 0 Å². The maximum Gasteiger partial charge on any atom is 0.253 e. The van der Waals surface area contributed by atoms with Crippen LogP contribution in [0.1, 0.15) is 30.6 Å². The second kappa shape index (κ2) is 8.87. The molecule has 0 saturated heterocycles. The Hall–Kier alpha value is -1.44. The molecule has 22 heavy (non-hydrogen) atoms. The summed E-state index contributed by atoms with van der Waals surface area (Å²) >= 11 is 0. The number of benzene rings is 1. The fraction of sp³-hybridized carbons (Fsp3) is 0.533. The second-order valence-electron chi connectivity index (χ2n) is 4.86. The predicted molar refractivity (Wildman–Crippen MR) is 87.4 cm³/mol. The first-order valence-corrected chi connectivity index (χ1v) is 8.98. The van der Waals surface area contributed by atoms with Crippen LogP contribution in [0.15, 0.2) is 29.2 Å². The van der Waals surface area contributed by atoms with Gasteiger partial charge in [-0.2, -0.15) is 0 Å². The van der Waals surface area contributed by atoms with Gasteiger partial charge in [-0.1, -0.05) is 0 Å². The zero-order valence-corrected chi connectivity index (χ0v) is 14.2. The number of hydrogen-bond donors (Lipinski definition) is 2. The van der Waals surface area contributed by atoms with Gasteiger partial charge in [0.2, 0.25) is 10.0 Å². The van der Waals surface area contributed by atoms with E-state index in [1.165, 1.54) is 12.1 Å². The highest BCUT2D eigenvalue weighted by atomic mass is 32.2. The van der Waals surface area contributed by atoms with E-state index in [-0.39, 0.29) is 10.8 Å². The van der Waals surface area contributed by atoms with Crippen molar-refractivity contribution < 1.29 is 13.2 Å². The summed E-state index contributed by atoms with van der Waals surface area (Å²) in [7, 11) is -1.70. The Bertz CT molecular complexity index is 566. The van der Waals surface area contributed by atoms with Gasteiger partial charge in [0.25, 0.3) is 5.91 Å². The molecule has 0 spiro atoms. The SMILES string of the molecule is CCN(CC)C(=O)c1ccc(S(=O)(=O)NCCCNC)cc1. The zero-order chi connectivity index (χ0) is 16.6. The van der Waals surface area contributed by atoms with Crippen molar-refractivity contribution in [2.45, 2.75) is 25.2 Å². The molecular weight excluding hydrogens is 302 g/mol. The van der Waals surface area contributed by atoms with E-state index < -0.39 is 10.0 Å². The van der Waals surface area contributed by atoms with Crippen molar-refractivity contribution in [1.29, 1.82) is 0 Å². The molecule has 6 nitrogen and oxygen atoms in total. The summed E-state index contributed by atoms with van der Waals surface area (Å²) in [5.74, 6) is -0.0871. The first-order valence-electron chi connectivity index (χ1n) is 7.49. The van der Waals surface area contributed by atoms with Gasteiger partial charge in [-0.3, -0.25) is 4.79 Å². The fourth-order valence-electron chi connectivity index (χ4n) is 2.03. The lowest BCUT2D eigenvalue weighted by atomic mass is 10.2. The molecule has 1 aromatic carbocycles. The molecule has 0 unspecified atom stereocenters. The number of sulfonamides is 1. The fourth-order valence-corrected chi connectivity index (χ4v) is 3.10. The Kier molecular flexibility index (Phi) is 7.50. The number of nitrogens with zero attached hydrogens (tertiary/aromatic N) is 1. The molecule has 0 fully saturated rings. The zero-order valence-electron chi connectivity index (χ0n) is 13.4. The highest BCUT2D eigenvalue weighted by molar-refractivity contribution is 7.89. The lowest BCUT2D eigenvalue weighted by molar-refractivity contribution is 0.0773. The molecular formula is C15H25N3O3S. The predicted octanol–water partition coefficient (Wildman–Crippen LogP) is 1.06. The van der Waals surface area contributed by atoms with Gasteiger partial charge in [0, 0.05) is 25.2 Å². The number of carbonyl (C=O) groups excluding carboxylic acids is 1. The van der Waals surface area contributed by atoms with Crippen molar-refractivity contribution >= 4 is 15.9 Å². The topological polar surface area (TPSA) is 78.5 Å². The quantitative estimate of drug-likeness (QED) is 0.665. The van der Waals surface area contributed by atoms with E-state index in [0.29, 0.717) is 31.6 Å². The second-order valence-corrected chi connectivity index (χ2v) is 6.62. The molecule has 7 heteroatoms. The number of nitrogens with one attached hydrogen (secondary N) is 2. The average molecular weight is 327 g/mol. The highest BCUT2D eigenvalue weighted by Crippen LogP contribution is 2.12. The first kappa shape index (κ1) is 18.6. The molecule has 0 radical (unpaired) electrons. The molecule has 1 amide bonds. The Balaban J connectivity index is 2.77.